The van der Waals surface area contributed by atoms with Crippen LogP contribution in [-0.2, 0) is 4.79 Å². The van der Waals surface area contributed by atoms with Crippen molar-refractivity contribution in [2.45, 2.75) is 63.2 Å². The van der Waals surface area contributed by atoms with Gasteiger partial charge in [0, 0.05) is 12.5 Å². The fourth-order valence-electron chi connectivity index (χ4n) is 6.75. The first-order valence-corrected chi connectivity index (χ1v) is 9.10. The Labute approximate surface area is 132 Å². The van der Waals surface area contributed by atoms with Gasteiger partial charge in [-0.05, 0) is 74.0 Å². The van der Waals surface area contributed by atoms with Gasteiger partial charge in [-0.25, -0.2) is 6.57 Å². The lowest BCUT2D eigenvalue weighted by Crippen LogP contribution is -2.58. The highest BCUT2D eigenvalue weighted by Crippen LogP contribution is 2.57. The summed E-state index contributed by atoms with van der Waals surface area (Å²) in [5, 5.41) is 0. The topological polar surface area (TPSA) is 50.7 Å². The minimum Gasteiger partial charge on any atom is -0.320 e. The quantitative estimate of drug-likeness (QED) is 0.795. The number of hydrogen-bond donors (Lipinski definition) is 1. The third-order valence-corrected chi connectivity index (χ3v) is 7.48. The standard InChI is InChI=1S/C18H25N3O/c1-20-15-8-11-7-14(11)21(15)18(22)17(19)16-12-3-9-2-10(5-12)6-13(16)4-9/h9-17H,2-8,19H2/t9?,10?,11-,12?,13?,14?,15-,16?,17?/m0/s1. The van der Waals surface area contributed by atoms with Crippen molar-refractivity contribution in [1.29, 1.82) is 0 Å². The highest BCUT2D eigenvalue weighted by molar-refractivity contribution is 5.83. The third kappa shape index (κ3) is 1.75. The average Bonchev–Trinajstić information content (AvgIpc) is 3.16. The molecule has 6 rings (SSSR count). The van der Waals surface area contributed by atoms with Gasteiger partial charge in [0.05, 0.1) is 6.04 Å². The molecule has 22 heavy (non-hydrogen) atoms. The molecule has 1 heterocycles. The molecule has 0 aromatic heterocycles. The molecule has 118 valence electrons. The van der Waals surface area contributed by atoms with E-state index in [9.17, 15) is 4.79 Å². The van der Waals surface area contributed by atoms with Crippen LogP contribution in [-0.4, -0.2) is 29.1 Å². The van der Waals surface area contributed by atoms with E-state index in [2.05, 4.69) is 4.85 Å². The van der Waals surface area contributed by atoms with Crippen LogP contribution in [0, 0.1) is 42.1 Å². The van der Waals surface area contributed by atoms with E-state index in [1.165, 1.54) is 32.1 Å². The summed E-state index contributed by atoms with van der Waals surface area (Å²) in [5.74, 6) is 4.27. The van der Waals surface area contributed by atoms with E-state index in [0.717, 1.165) is 24.7 Å². The fraction of sp³-hybridized carbons (Fsp3) is 0.889. The molecule has 0 radical (unpaired) electrons. The number of hydrogen-bond acceptors (Lipinski definition) is 2. The van der Waals surface area contributed by atoms with Gasteiger partial charge in [0.15, 0.2) is 0 Å². The van der Waals surface area contributed by atoms with Crippen LogP contribution in [0.15, 0.2) is 0 Å². The van der Waals surface area contributed by atoms with Gasteiger partial charge in [-0.3, -0.25) is 14.5 Å². The van der Waals surface area contributed by atoms with E-state index >= 15 is 0 Å². The number of nitrogens with two attached hydrogens (primary N) is 1. The van der Waals surface area contributed by atoms with Crippen molar-refractivity contribution in [3.8, 4) is 0 Å². The Morgan fingerprint density at radius 3 is 2.23 bits per heavy atom. The lowest BCUT2D eigenvalue weighted by molar-refractivity contribution is -0.140. The average molecular weight is 299 g/mol. The predicted octanol–water partition coefficient (Wildman–Crippen LogP) is 2.25. The second kappa shape index (κ2) is 4.47. The summed E-state index contributed by atoms with van der Waals surface area (Å²) in [4.78, 5) is 18.6. The van der Waals surface area contributed by atoms with E-state index < -0.39 is 0 Å². The van der Waals surface area contributed by atoms with Crippen LogP contribution < -0.4 is 5.73 Å². The zero-order valence-electron chi connectivity index (χ0n) is 13.0. The molecule has 6 fully saturated rings. The first-order valence-electron chi connectivity index (χ1n) is 9.10. The van der Waals surface area contributed by atoms with Gasteiger partial charge in [-0.2, -0.15) is 0 Å². The van der Waals surface area contributed by atoms with Gasteiger partial charge in [0.1, 0.15) is 0 Å². The van der Waals surface area contributed by atoms with Gasteiger partial charge in [-0.15, -0.1) is 0 Å². The Hall–Kier alpha value is -1.08. The normalized spacial score (nSPS) is 52.3. The van der Waals surface area contributed by atoms with Crippen LogP contribution in [0.3, 0.4) is 0 Å². The smallest absolute Gasteiger partial charge is 0.301 e. The molecule has 0 aromatic carbocycles. The summed E-state index contributed by atoms with van der Waals surface area (Å²) in [6, 6.07) is -0.00640. The number of rotatable bonds is 2. The molecular weight excluding hydrogens is 274 g/mol. The van der Waals surface area contributed by atoms with E-state index in [4.69, 9.17) is 12.3 Å². The number of likely N-dealkylation sites (tertiary alicyclic amines) is 1. The van der Waals surface area contributed by atoms with Crippen molar-refractivity contribution >= 4 is 5.91 Å². The van der Waals surface area contributed by atoms with E-state index in [1.807, 2.05) is 4.90 Å². The molecule has 1 aliphatic heterocycles. The Balaban J connectivity index is 1.37. The maximum atomic E-state index is 13.0. The van der Waals surface area contributed by atoms with Crippen LogP contribution in [0.1, 0.15) is 44.9 Å². The summed E-state index contributed by atoms with van der Waals surface area (Å²) in [5.41, 5.74) is 6.53. The van der Waals surface area contributed by atoms with Gasteiger partial charge < -0.3 is 5.73 Å². The Morgan fingerprint density at radius 2 is 1.64 bits per heavy atom. The molecule has 2 N–H and O–H groups in total. The molecule has 2 unspecified atom stereocenters. The minimum absolute atomic E-state index is 0.100. The summed E-state index contributed by atoms with van der Waals surface area (Å²) in [6.07, 6.45) is 8.40. The van der Waals surface area contributed by atoms with Crippen molar-refractivity contribution in [1.82, 2.24) is 4.90 Å². The van der Waals surface area contributed by atoms with Gasteiger partial charge in [-0.1, -0.05) is 0 Å². The van der Waals surface area contributed by atoms with E-state index in [-0.39, 0.29) is 18.1 Å². The lowest BCUT2D eigenvalue weighted by atomic mass is 9.50. The van der Waals surface area contributed by atoms with Crippen molar-refractivity contribution in [2.75, 3.05) is 0 Å². The number of carbonyl (C=O) groups excluding carboxylic acids is 1. The van der Waals surface area contributed by atoms with Crippen molar-refractivity contribution < 1.29 is 4.79 Å². The molecule has 0 aromatic rings. The second-order valence-electron chi connectivity index (χ2n) is 8.69. The lowest BCUT2D eigenvalue weighted by Gasteiger charge is -2.55. The van der Waals surface area contributed by atoms with Crippen LogP contribution in [0.25, 0.3) is 4.85 Å². The molecular formula is C18H25N3O. The molecule has 1 amide bonds. The van der Waals surface area contributed by atoms with Gasteiger partial charge in [0.25, 0.3) is 0 Å². The molecule has 4 atom stereocenters. The Bertz CT molecular complexity index is 525. The highest BCUT2D eigenvalue weighted by atomic mass is 16.2. The van der Waals surface area contributed by atoms with Crippen molar-refractivity contribution in [2.24, 2.45) is 41.2 Å². The highest BCUT2D eigenvalue weighted by Gasteiger charge is 2.59. The zero-order chi connectivity index (χ0) is 15.0. The van der Waals surface area contributed by atoms with Crippen LogP contribution >= 0.6 is 0 Å². The minimum atomic E-state index is -0.349. The van der Waals surface area contributed by atoms with Crippen LogP contribution in [0.4, 0.5) is 0 Å². The number of piperidine rings is 1. The first kappa shape index (κ1) is 13.4. The third-order valence-electron chi connectivity index (χ3n) is 7.48. The van der Waals surface area contributed by atoms with Crippen LogP contribution in [0.5, 0.6) is 0 Å². The summed E-state index contributed by atoms with van der Waals surface area (Å²) in [6.45, 7) is 7.37. The number of carbonyl (C=O) groups is 1. The molecule has 4 heteroatoms. The summed E-state index contributed by atoms with van der Waals surface area (Å²) >= 11 is 0. The van der Waals surface area contributed by atoms with E-state index in [1.54, 1.807) is 0 Å². The number of amides is 1. The molecule has 1 saturated heterocycles. The molecule has 0 spiro atoms. The first-order chi connectivity index (χ1) is 10.7. The predicted molar refractivity (Wildman–Crippen MR) is 82.3 cm³/mol. The van der Waals surface area contributed by atoms with Crippen molar-refractivity contribution in [3.63, 3.8) is 0 Å². The Kier molecular flexibility index (Phi) is 2.72. The largest absolute Gasteiger partial charge is 0.320 e. The SMILES string of the molecule is [C-]#[N+][C@@H]1C[C@@H]2CC2N1C(=O)C(N)C1C2CC3CC(C2)CC1C3. The molecule has 4 bridgehead atoms. The van der Waals surface area contributed by atoms with Crippen molar-refractivity contribution in [3.05, 3.63) is 11.4 Å². The zero-order valence-corrected chi connectivity index (χ0v) is 13.0. The fourth-order valence-corrected chi connectivity index (χ4v) is 6.75. The van der Waals surface area contributed by atoms with Gasteiger partial charge >= 0.3 is 6.17 Å². The second-order valence-corrected chi connectivity index (χ2v) is 8.69. The van der Waals surface area contributed by atoms with E-state index in [0.29, 0.717) is 29.7 Å². The summed E-state index contributed by atoms with van der Waals surface area (Å²) < 4.78 is 0. The summed E-state index contributed by atoms with van der Waals surface area (Å²) in [7, 11) is 0. The maximum absolute atomic E-state index is 13.0. The molecule has 4 nitrogen and oxygen atoms in total. The number of fused-ring (bicyclic) bond motifs is 1. The number of nitrogens with zero attached hydrogens (tertiary/aromatic N) is 2. The molecule has 5 saturated carbocycles. The maximum Gasteiger partial charge on any atom is 0.301 e. The van der Waals surface area contributed by atoms with Gasteiger partial charge in [0.2, 0.25) is 5.91 Å². The Morgan fingerprint density at radius 1 is 1.00 bits per heavy atom. The van der Waals surface area contributed by atoms with Crippen LogP contribution in [0.2, 0.25) is 0 Å². The molecule has 5 aliphatic carbocycles. The molecule has 6 aliphatic rings. The monoisotopic (exact) mass is 299 g/mol.